The summed E-state index contributed by atoms with van der Waals surface area (Å²) >= 11 is 0. The van der Waals surface area contributed by atoms with Crippen LogP contribution in [0.1, 0.15) is 12.0 Å². The largest absolute Gasteiger partial charge is 0.495 e. The number of ether oxygens (including phenoxy) is 1. The van der Waals surface area contributed by atoms with Crippen LogP contribution in [-0.2, 0) is 9.59 Å². The predicted molar refractivity (Wildman–Crippen MR) is 99.9 cm³/mol. The van der Waals surface area contributed by atoms with E-state index in [1.807, 2.05) is 0 Å². The Labute approximate surface area is 155 Å². The number of para-hydroxylation sites is 2. The third-order valence-electron chi connectivity index (χ3n) is 4.63. The van der Waals surface area contributed by atoms with E-state index in [0.717, 1.165) is 0 Å². The summed E-state index contributed by atoms with van der Waals surface area (Å²) < 4.78 is 5.29. The fourth-order valence-electron chi connectivity index (χ4n) is 3.16. The number of nitrogens with one attached hydrogen (secondary N) is 1. The molecule has 1 unspecified atom stereocenters. The van der Waals surface area contributed by atoms with Crippen molar-refractivity contribution in [1.82, 2.24) is 0 Å². The molecule has 3 rings (SSSR count). The second-order valence-electron chi connectivity index (χ2n) is 6.27. The molecule has 0 aromatic heterocycles. The summed E-state index contributed by atoms with van der Waals surface area (Å²) in [5.41, 5.74) is 1.30. The zero-order valence-corrected chi connectivity index (χ0v) is 15.0. The van der Waals surface area contributed by atoms with Crippen LogP contribution in [0.3, 0.4) is 0 Å². The molecule has 1 aliphatic rings. The maximum Gasteiger partial charge on any atom is 0.274 e. The molecule has 2 aromatic rings. The van der Waals surface area contributed by atoms with Gasteiger partial charge >= 0.3 is 0 Å². The predicted octanol–water partition coefficient (Wildman–Crippen LogP) is 2.90. The highest BCUT2D eigenvalue weighted by atomic mass is 16.6. The third kappa shape index (κ3) is 3.59. The van der Waals surface area contributed by atoms with Gasteiger partial charge in [-0.15, -0.1) is 0 Å². The molecule has 0 aliphatic carbocycles. The number of methoxy groups -OCH3 is 1. The number of nitro benzene ring substituents is 1. The van der Waals surface area contributed by atoms with Gasteiger partial charge in [0.25, 0.3) is 5.69 Å². The SMILES string of the molecule is COc1ccccc1N1CC(C(=O)Nc2cccc([N+](=O)[O-])c2C)CC1=O. The molecule has 0 bridgehead atoms. The van der Waals surface area contributed by atoms with Crippen molar-refractivity contribution in [2.24, 2.45) is 5.92 Å². The zero-order chi connectivity index (χ0) is 19.6. The lowest BCUT2D eigenvalue weighted by Gasteiger charge is -2.19. The second kappa shape index (κ2) is 7.45. The first-order valence-electron chi connectivity index (χ1n) is 8.40. The number of hydrogen-bond acceptors (Lipinski definition) is 5. The van der Waals surface area contributed by atoms with E-state index in [9.17, 15) is 19.7 Å². The highest BCUT2D eigenvalue weighted by Gasteiger charge is 2.36. The fourth-order valence-corrected chi connectivity index (χ4v) is 3.16. The smallest absolute Gasteiger partial charge is 0.274 e. The maximum atomic E-state index is 12.6. The molecule has 1 atom stereocenters. The number of benzene rings is 2. The Balaban J connectivity index is 1.77. The normalized spacial score (nSPS) is 16.3. The van der Waals surface area contributed by atoms with E-state index in [1.165, 1.54) is 24.1 Å². The number of nitrogens with zero attached hydrogens (tertiary/aromatic N) is 2. The molecule has 27 heavy (non-hydrogen) atoms. The number of anilines is 2. The minimum absolute atomic E-state index is 0.0639. The first-order valence-corrected chi connectivity index (χ1v) is 8.40. The number of hydrogen-bond donors (Lipinski definition) is 1. The Hall–Kier alpha value is -3.42. The molecule has 2 aromatic carbocycles. The molecule has 1 aliphatic heterocycles. The van der Waals surface area contributed by atoms with Crippen molar-refractivity contribution in [2.45, 2.75) is 13.3 Å². The number of nitro groups is 1. The highest BCUT2D eigenvalue weighted by Crippen LogP contribution is 2.33. The molecule has 0 radical (unpaired) electrons. The van der Waals surface area contributed by atoms with Gasteiger partial charge in [0.15, 0.2) is 0 Å². The monoisotopic (exact) mass is 369 g/mol. The van der Waals surface area contributed by atoms with Crippen molar-refractivity contribution in [3.05, 3.63) is 58.1 Å². The van der Waals surface area contributed by atoms with Crippen LogP contribution in [0.15, 0.2) is 42.5 Å². The molecule has 140 valence electrons. The number of carbonyl (C=O) groups is 2. The first-order chi connectivity index (χ1) is 12.9. The zero-order valence-electron chi connectivity index (χ0n) is 15.0. The standard InChI is InChI=1S/C19H19N3O5/c1-12-14(6-5-8-15(12)22(25)26)20-19(24)13-10-18(23)21(11-13)16-7-3-4-9-17(16)27-2/h3-9,13H,10-11H2,1-2H3,(H,20,24). The summed E-state index contributed by atoms with van der Waals surface area (Å²) in [6, 6.07) is 11.6. The van der Waals surface area contributed by atoms with E-state index in [0.29, 0.717) is 22.7 Å². The van der Waals surface area contributed by atoms with Gasteiger partial charge in [-0.1, -0.05) is 18.2 Å². The summed E-state index contributed by atoms with van der Waals surface area (Å²) in [7, 11) is 1.52. The van der Waals surface area contributed by atoms with E-state index in [-0.39, 0.29) is 30.5 Å². The van der Waals surface area contributed by atoms with Crippen molar-refractivity contribution < 1.29 is 19.2 Å². The van der Waals surface area contributed by atoms with Gasteiger partial charge in [0.1, 0.15) is 5.75 Å². The Kier molecular flexibility index (Phi) is 5.07. The minimum atomic E-state index is -0.555. The summed E-state index contributed by atoms with van der Waals surface area (Å²) in [6.45, 7) is 1.80. The van der Waals surface area contributed by atoms with Crippen molar-refractivity contribution >= 4 is 28.9 Å². The van der Waals surface area contributed by atoms with Crippen LogP contribution in [-0.4, -0.2) is 30.4 Å². The Morgan fingerprint density at radius 2 is 2.00 bits per heavy atom. The lowest BCUT2D eigenvalue weighted by Crippen LogP contribution is -2.28. The summed E-state index contributed by atoms with van der Waals surface area (Å²) in [5, 5.41) is 13.8. The van der Waals surface area contributed by atoms with Gasteiger partial charge in [-0.25, -0.2) is 0 Å². The Morgan fingerprint density at radius 3 is 2.70 bits per heavy atom. The molecule has 1 heterocycles. The van der Waals surface area contributed by atoms with Gasteiger partial charge in [-0.2, -0.15) is 0 Å². The quantitative estimate of drug-likeness (QED) is 0.645. The van der Waals surface area contributed by atoms with Gasteiger partial charge < -0.3 is 15.0 Å². The molecule has 2 amide bonds. The summed E-state index contributed by atoms with van der Waals surface area (Å²) in [5.74, 6) is -0.512. The molecule has 0 spiro atoms. The van der Waals surface area contributed by atoms with Gasteiger partial charge in [0, 0.05) is 19.0 Å². The molecule has 8 heteroatoms. The summed E-state index contributed by atoms with van der Waals surface area (Å²) in [4.78, 5) is 37.1. The van der Waals surface area contributed by atoms with Crippen LogP contribution in [0.25, 0.3) is 0 Å². The second-order valence-corrected chi connectivity index (χ2v) is 6.27. The van der Waals surface area contributed by atoms with E-state index in [4.69, 9.17) is 4.74 Å². The lowest BCUT2D eigenvalue weighted by atomic mass is 10.1. The van der Waals surface area contributed by atoms with Crippen LogP contribution in [0.5, 0.6) is 5.75 Å². The van der Waals surface area contributed by atoms with Crippen LogP contribution in [0.2, 0.25) is 0 Å². The molecular weight excluding hydrogens is 350 g/mol. The van der Waals surface area contributed by atoms with E-state index >= 15 is 0 Å². The van der Waals surface area contributed by atoms with E-state index in [2.05, 4.69) is 5.32 Å². The average molecular weight is 369 g/mol. The molecule has 8 nitrogen and oxygen atoms in total. The number of amides is 2. The topological polar surface area (TPSA) is 102 Å². The Morgan fingerprint density at radius 1 is 1.26 bits per heavy atom. The highest BCUT2D eigenvalue weighted by molar-refractivity contribution is 6.04. The van der Waals surface area contributed by atoms with Crippen molar-refractivity contribution in [3.8, 4) is 5.75 Å². The van der Waals surface area contributed by atoms with Gasteiger partial charge in [-0.05, 0) is 25.1 Å². The molecule has 1 fully saturated rings. The van der Waals surface area contributed by atoms with Crippen molar-refractivity contribution in [2.75, 3.05) is 23.9 Å². The van der Waals surface area contributed by atoms with Crippen LogP contribution in [0, 0.1) is 23.0 Å². The van der Waals surface area contributed by atoms with Gasteiger partial charge in [0.2, 0.25) is 11.8 Å². The van der Waals surface area contributed by atoms with Crippen LogP contribution in [0.4, 0.5) is 17.1 Å². The number of carbonyl (C=O) groups excluding carboxylic acids is 2. The number of rotatable bonds is 5. The third-order valence-corrected chi connectivity index (χ3v) is 4.63. The van der Waals surface area contributed by atoms with Gasteiger partial charge in [0.05, 0.1) is 34.9 Å². The molecule has 1 N–H and O–H groups in total. The fraction of sp³-hybridized carbons (Fsp3) is 0.263. The van der Waals surface area contributed by atoms with Crippen molar-refractivity contribution in [3.63, 3.8) is 0 Å². The summed E-state index contributed by atoms with van der Waals surface area (Å²) in [6.07, 6.45) is 0.0673. The van der Waals surface area contributed by atoms with Crippen LogP contribution < -0.4 is 15.0 Å². The maximum absolute atomic E-state index is 12.6. The molecule has 0 saturated carbocycles. The van der Waals surface area contributed by atoms with E-state index in [1.54, 1.807) is 37.3 Å². The lowest BCUT2D eigenvalue weighted by molar-refractivity contribution is -0.385. The Bertz CT molecular complexity index is 912. The van der Waals surface area contributed by atoms with E-state index < -0.39 is 10.8 Å². The van der Waals surface area contributed by atoms with Crippen LogP contribution >= 0.6 is 0 Å². The minimum Gasteiger partial charge on any atom is -0.495 e. The van der Waals surface area contributed by atoms with Gasteiger partial charge in [-0.3, -0.25) is 19.7 Å². The first kappa shape index (κ1) is 18.4. The van der Waals surface area contributed by atoms with Crippen molar-refractivity contribution in [1.29, 1.82) is 0 Å². The molecule has 1 saturated heterocycles. The molecular formula is C19H19N3O5. The average Bonchev–Trinajstić information content (AvgIpc) is 3.04.